The van der Waals surface area contributed by atoms with E-state index in [9.17, 15) is 9.59 Å². The molecule has 0 radical (unpaired) electrons. The lowest BCUT2D eigenvalue weighted by atomic mass is 9.71. The number of carbonyl (C=O) groups is 2. The Labute approximate surface area is 161 Å². The molecule has 27 heavy (non-hydrogen) atoms. The highest BCUT2D eigenvalue weighted by Gasteiger charge is 2.46. The molecule has 3 rings (SSSR count). The third-order valence-electron chi connectivity index (χ3n) is 6.06. The number of amides is 2. The average molecular weight is 374 g/mol. The van der Waals surface area contributed by atoms with Gasteiger partial charge in [0.25, 0.3) is 5.91 Å². The van der Waals surface area contributed by atoms with Crippen LogP contribution in [0.5, 0.6) is 5.75 Å². The number of rotatable bonds is 5. The smallest absolute Gasteiger partial charge is 0.254 e. The Kier molecular flexibility index (Phi) is 6.05. The fourth-order valence-corrected chi connectivity index (χ4v) is 4.34. The van der Waals surface area contributed by atoms with Crippen LogP contribution in [0.1, 0.15) is 41.6 Å². The van der Waals surface area contributed by atoms with Gasteiger partial charge in [0, 0.05) is 38.9 Å². The molecule has 2 fully saturated rings. The van der Waals surface area contributed by atoms with Crippen LogP contribution in [-0.2, 0) is 9.53 Å². The molecule has 0 unspecified atom stereocenters. The number of benzene rings is 1. The van der Waals surface area contributed by atoms with E-state index in [0.29, 0.717) is 31.8 Å². The number of nitrogens with zero attached hydrogens (tertiary/aromatic N) is 2. The van der Waals surface area contributed by atoms with Crippen LogP contribution in [0.25, 0.3) is 0 Å². The van der Waals surface area contributed by atoms with Gasteiger partial charge in [0.2, 0.25) is 5.91 Å². The molecule has 0 bridgehead atoms. The maximum Gasteiger partial charge on any atom is 0.254 e. The SMILES string of the molecule is COCCN1CCCC2(CCN(C(=O)c3ccc(OC)cc3C)CC2)C1=O. The molecule has 6 nitrogen and oxygen atoms in total. The summed E-state index contributed by atoms with van der Waals surface area (Å²) in [4.78, 5) is 29.8. The summed E-state index contributed by atoms with van der Waals surface area (Å²) < 4.78 is 10.4. The molecule has 0 aromatic heterocycles. The molecule has 2 amide bonds. The Balaban J connectivity index is 1.66. The van der Waals surface area contributed by atoms with Gasteiger partial charge in [-0.3, -0.25) is 9.59 Å². The number of ether oxygens (including phenoxy) is 2. The zero-order valence-corrected chi connectivity index (χ0v) is 16.6. The van der Waals surface area contributed by atoms with E-state index in [2.05, 4.69) is 0 Å². The monoisotopic (exact) mass is 374 g/mol. The molecule has 1 aromatic carbocycles. The minimum atomic E-state index is -0.294. The van der Waals surface area contributed by atoms with E-state index in [1.165, 1.54) is 0 Å². The molecule has 2 saturated heterocycles. The number of carbonyl (C=O) groups excluding carboxylic acids is 2. The highest BCUT2D eigenvalue weighted by molar-refractivity contribution is 5.96. The average Bonchev–Trinajstić information content (AvgIpc) is 2.69. The van der Waals surface area contributed by atoms with E-state index in [0.717, 1.165) is 43.5 Å². The lowest BCUT2D eigenvalue weighted by Crippen LogP contribution is -2.54. The predicted molar refractivity (Wildman–Crippen MR) is 103 cm³/mol. The van der Waals surface area contributed by atoms with Crippen LogP contribution in [-0.4, -0.2) is 68.6 Å². The largest absolute Gasteiger partial charge is 0.497 e. The summed E-state index contributed by atoms with van der Waals surface area (Å²) in [6.45, 7) is 5.24. The Morgan fingerprint density at radius 2 is 1.89 bits per heavy atom. The van der Waals surface area contributed by atoms with Gasteiger partial charge in [-0.2, -0.15) is 0 Å². The maximum atomic E-state index is 13.0. The van der Waals surface area contributed by atoms with Gasteiger partial charge in [0.1, 0.15) is 5.75 Å². The molecule has 0 aliphatic carbocycles. The van der Waals surface area contributed by atoms with Gasteiger partial charge in [-0.15, -0.1) is 0 Å². The van der Waals surface area contributed by atoms with Crippen LogP contribution < -0.4 is 4.74 Å². The third-order valence-corrected chi connectivity index (χ3v) is 6.06. The molecule has 2 heterocycles. The summed E-state index contributed by atoms with van der Waals surface area (Å²) >= 11 is 0. The number of hydrogen-bond donors (Lipinski definition) is 0. The van der Waals surface area contributed by atoms with Crippen molar-refractivity contribution in [2.24, 2.45) is 5.41 Å². The molecule has 0 atom stereocenters. The minimum Gasteiger partial charge on any atom is -0.497 e. The molecule has 1 aromatic rings. The molecule has 148 valence electrons. The molecular weight excluding hydrogens is 344 g/mol. The first kappa shape index (κ1) is 19.7. The van der Waals surface area contributed by atoms with Crippen LogP contribution in [0.15, 0.2) is 18.2 Å². The summed E-state index contributed by atoms with van der Waals surface area (Å²) in [7, 11) is 3.28. The lowest BCUT2D eigenvalue weighted by molar-refractivity contribution is -0.150. The Hall–Kier alpha value is -2.08. The van der Waals surface area contributed by atoms with E-state index in [4.69, 9.17) is 9.47 Å². The van der Waals surface area contributed by atoms with Crippen LogP contribution in [0.3, 0.4) is 0 Å². The standard InChI is InChI=1S/C21H30N2O4/c1-16-15-17(27-3)5-6-18(16)19(24)22-11-8-21(9-12-22)7-4-10-23(20(21)25)13-14-26-2/h5-6,15H,4,7-14H2,1-3H3. The minimum absolute atomic E-state index is 0.0458. The highest BCUT2D eigenvalue weighted by atomic mass is 16.5. The van der Waals surface area contributed by atoms with Crippen LogP contribution in [0.2, 0.25) is 0 Å². The fourth-order valence-electron chi connectivity index (χ4n) is 4.34. The number of likely N-dealkylation sites (tertiary alicyclic amines) is 2. The zero-order valence-electron chi connectivity index (χ0n) is 16.6. The van der Waals surface area contributed by atoms with Crippen molar-refractivity contribution in [3.63, 3.8) is 0 Å². The number of methoxy groups -OCH3 is 2. The maximum absolute atomic E-state index is 13.0. The second kappa shape index (κ2) is 8.30. The Bertz CT molecular complexity index is 695. The summed E-state index contributed by atoms with van der Waals surface area (Å²) in [6, 6.07) is 5.54. The lowest BCUT2D eigenvalue weighted by Gasteiger charge is -2.46. The van der Waals surface area contributed by atoms with Crippen molar-refractivity contribution in [3.05, 3.63) is 29.3 Å². The topological polar surface area (TPSA) is 59.1 Å². The summed E-state index contributed by atoms with van der Waals surface area (Å²) in [6.07, 6.45) is 3.45. The van der Waals surface area contributed by atoms with Crippen molar-refractivity contribution >= 4 is 11.8 Å². The fraction of sp³-hybridized carbons (Fsp3) is 0.619. The predicted octanol–water partition coefficient (Wildman–Crippen LogP) is 2.49. The van der Waals surface area contributed by atoms with E-state index in [1.54, 1.807) is 14.2 Å². The molecule has 0 N–H and O–H groups in total. The molecule has 2 aliphatic heterocycles. The molecule has 2 aliphatic rings. The van der Waals surface area contributed by atoms with Crippen molar-refractivity contribution in [3.8, 4) is 5.75 Å². The van der Waals surface area contributed by atoms with Gasteiger partial charge >= 0.3 is 0 Å². The normalized spacial score (nSPS) is 19.4. The van der Waals surface area contributed by atoms with Gasteiger partial charge in [-0.25, -0.2) is 0 Å². The molecule has 6 heteroatoms. The summed E-state index contributed by atoms with van der Waals surface area (Å²) in [5.74, 6) is 1.05. The van der Waals surface area contributed by atoms with Crippen molar-refractivity contribution < 1.29 is 19.1 Å². The number of piperidine rings is 2. The van der Waals surface area contributed by atoms with Crippen LogP contribution >= 0.6 is 0 Å². The molecule has 0 saturated carbocycles. The van der Waals surface area contributed by atoms with Gasteiger partial charge in [0.15, 0.2) is 0 Å². The number of aryl methyl sites for hydroxylation is 1. The van der Waals surface area contributed by atoms with Crippen LogP contribution in [0.4, 0.5) is 0 Å². The zero-order chi connectivity index (χ0) is 19.4. The van der Waals surface area contributed by atoms with E-state index in [-0.39, 0.29) is 17.2 Å². The van der Waals surface area contributed by atoms with E-state index >= 15 is 0 Å². The Morgan fingerprint density at radius 3 is 2.52 bits per heavy atom. The first-order valence-electron chi connectivity index (χ1n) is 9.73. The van der Waals surface area contributed by atoms with E-state index in [1.807, 2.05) is 34.9 Å². The van der Waals surface area contributed by atoms with Crippen LogP contribution in [0, 0.1) is 12.3 Å². The second-order valence-corrected chi connectivity index (χ2v) is 7.64. The second-order valence-electron chi connectivity index (χ2n) is 7.64. The first-order valence-corrected chi connectivity index (χ1v) is 9.73. The number of hydrogen-bond acceptors (Lipinski definition) is 4. The molecule has 1 spiro atoms. The Morgan fingerprint density at radius 1 is 1.15 bits per heavy atom. The van der Waals surface area contributed by atoms with Gasteiger partial charge in [-0.05, 0) is 56.4 Å². The van der Waals surface area contributed by atoms with Crippen molar-refractivity contribution in [2.75, 3.05) is 47.0 Å². The van der Waals surface area contributed by atoms with Crippen molar-refractivity contribution in [1.82, 2.24) is 9.80 Å². The summed E-state index contributed by atoms with van der Waals surface area (Å²) in [5, 5.41) is 0. The van der Waals surface area contributed by atoms with Gasteiger partial charge in [0.05, 0.1) is 19.1 Å². The van der Waals surface area contributed by atoms with E-state index < -0.39 is 0 Å². The summed E-state index contributed by atoms with van der Waals surface area (Å²) in [5.41, 5.74) is 1.33. The quantitative estimate of drug-likeness (QED) is 0.795. The van der Waals surface area contributed by atoms with Gasteiger partial charge < -0.3 is 19.3 Å². The van der Waals surface area contributed by atoms with Gasteiger partial charge in [-0.1, -0.05) is 0 Å². The molecular formula is C21H30N2O4. The highest BCUT2D eigenvalue weighted by Crippen LogP contribution is 2.41. The van der Waals surface area contributed by atoms with Crippen molar-refractivity contribution in [1.29, 1.82) is 0 Å². The van der Waals surface area contributed by atoms with Crippen molar-refractivity contribution in [2.45, 2.75) is 32.6 Å². The first-order chi connectivity index (χ1) is 13.0. The third kappa shape index (κ3) is 3.95.